The summed E-state index contributed by atoms with van der Waals surface area (Å²) in [6.45, 7) is 4.45. The Labute approximate surface area is 85.2 Å². The lowest BCUT2D eigenvalue weighted by molar-refractivity contribution is 0.710. The maximum Gasteiger partial charge on any atom is 0.0346 e. The second-order valence-corrected chi connectivity index (χ2v) is 4.04. The minimum atomic E-state index is 0.648. The Hall–Kier alpha value is -1.37. The average molecular weight is 185 g/mol. The molecule has 0 aliphatic heterocycles. The Kier molecular flexibility index (Phi) is 2.49. The zero-order valence-corrected chi connectivity index (χ0v) is 8.70. The number of hydrogen-bond acceptors (Lipinski definition) is 1. The van der Waals surface area contributed by atoms with Gasteiger partial charge in [0, 0.05) is 12.4 Å². The van der Waals surface area contributed by atoms with Crippen LogP contribution < -0.4 is 0 Å². The minimum Gasteiger partial charge on any atom is -0.264 e. The highest BCUT2D eigenvalue weighted by Crippen LogP contribution is 2.27. The fourth-order valence-corrected chi connectivity index (χ4v) is 1.96. The van der Waals surface area contributed by atoms with Crippen molar-refractivity contribution in [1.82, 2.24) is 4.98 Å². The van der Waals surface area contributed by atoms with Crippen molar-refractivity contribution in [2.45, 2.75) is 20.3 Å². The molecule has 0 aromatic carbocycles. The summed E-state index contributed by atoms with van der Waals surface area (Å²) in [5, 5.41) is 0. The Bertz CT molecular complexity index is 373. The van der Waals surface area contributed by atoms with E-state index in [1.807, 2.05) is 18.5 Å². The smallest absolute Gasteiger partial charge is 0.0346 e. The van der Waals surface area contributed by atoms with Gasteiger partial charge in [-0.25, -0.2) is 0 Å². The van der Waals surface area contributed by atoms with Crippen molar-refractivity contribution >= 4 is 5.57 Å². The minimum absolute atomic E-state index is 0.648. The largest absolute Gasteiger partial charge is 0.264 e. The standard InChI is InChI=1S/C13H15N/c1-10-6-11(2)8-13(7-10)12-4-3-5-14-9-12/h3-5,7-10H,6H2,1-2H3/t10-/m1/s1. The first-order valence-corrected chi connectivity index (χ1v) is 5.05. The summed E-state index contributed by atoms with van der Waals surface area (Å²) in [5.41, 5.74) is 3.99. The molecule has 1 aromatic heterocycles. The number of nitrogens with zero attached hydrogens (tertiary/aromatic N) is 1. The third-order valence-electron chi connectivity index (χ3n) is 2.50. The maximum atomic E-state index is 4.14. The second-order valence-electron chi connectivity index (χ2n) is 4.04. The van der Waals surface area contributed by atoms with Crippen LogP contribution in [0.5, 0.6) is 0 Å². The topological polar surface area (TPSA) is 12.9 Å². The van der Waals surface area contributed by atoms with Crippen molar-refractivity contribution in [2.75, 3.05) is 0 Å². The predicted octanol–water partition coefficient (Wildman–Crippen LogP) is 3.45. The first-order valence-electron chi connectivity index (χ1n) is 5.05. The summed E-state index contributed by atoms with van der Waals surface area (Å²) in [6, 6.07) is 4.10. The van der Waals surface area contributed by atoms with E-state index in [9.17, 15) is 0 Å². The van der Waals surface area contributed by atoms with Crippen LogP contribution >= 0.6 is 0 Å². The Morgan fingerprint density at radius 1 is 1.43 bits per heavy atom. The third-order valence-corrected chi connectivity index (χ3v) is 2.50. The SMILES string of the molecule is CC1=CC(c2cccnc2)=C[C@H](C)C1. The molecule has 0 radical (unpaired) electrons. The number of hydrogen-bond donors (Lipinski definition) is 0. The van der Waals surface area contributed by atoms with E-state index >= 15 is 0 Å². The van der Waals surface area contributed by atoms with E-state index in [0.717, 1.165) is 0 Å². The summed E-state index contributed by atoms with van der Waals surface area (Å²) in [6.07, 6.45) is 9.51. The molecule has 1 heterocycles. The zero-order valence-electron chi connectivity index (χ0n) is 8.70. The predicted molar refractivity (Wildman–Crippen MR) is 59.8 cm³/mol. The molecule has 0 saturated heterocycles. The molecule has 2 rings (SSSR count). The van der Waals surface area contributed by atoms with Crippen molar-refractivity contribution in [3.8, 4) is 0 Å². The summed E-state index contributed by atoms with van der Waals surface area (Å²) in [4.78, 5) is 4.14. The molecule has 1 nitrogen and oxygen atoms in total. The normalized spacial score (nSPS) is 21.4. The van der Waals surface area contributed by atoms with Gasteiger partial charge in [-0.1, -0.05) is 30.7 Å². The highest BCUT2D eigenvalue weighted by molar-refractivity contribution is 5.75. The fraction of sp³-hybridized carbons (Fsp3) is 0.308. The van der Waals surface area contributed by atoms with Crippen LogP contribution in [-0.4, -0.2) is 4.98 Å². The van der Waals surface area contributed by atoms with Gasteiger partial charge in [-0.15, -0.1) is 0 Å². The van der Waals surface area contributed by atoms with Crippen molar-refractivity contribution in [2.24, 2.45) is 5.92 Å². The molecule has 0 amide bonds. The number of rotatable bonds is 1. The molecule has 14 heavy (non-hydrogen) atoms. The summed E-state index contributed by atoms with van der Waals surface area (Å²) in [5.74, 6) is 0.648. The van der Waals surface area contributed by atoms with Gasteiger partial charge < -0.3 is 0 Å². The van der Waals surface area contributed by atoms with Gasteiger partial charge in [-0.2, -0.15) is 0 Å². The molecule has 0 unspecified atom stereocenters. The molecule has 72 valence electrons. The molecule has 0 N–H and O–H groups in total. The number of allylic oxidation sites excluding steroid dienone is 4. The van der Waals surface area contributed by atoms with Gasteiger partial charge in [-0.3, -0.25) is 4.98 Å². The Morgan fingerprint density at radius 3 is 2.93 bits per heavy atom. The second kappa shape index (κ2) is 3.79. The van der Waals surface area contributed by atoms with Gasteiger partial charge in [0.05, 0.1) is 0 Å². The van der Waals surface area contributed by atoms with Gasteiger partial charge in [0.2, 0.25) is 0 Å². The van der Waals surface area contributed by atoms with E-state index in [2.05, 4.69) is 37.0 Å². The molecular formula is C13H15N. The third kappa shape index (κ3) is 1.92. The van der Waals surface area contributed by atoms with E-state index in [4.69, 9.17) is 0 Å². The highest BCUT2D eigenvalue weighted by atomic mass is 14.6. The summed E-state index contributed by atoms with van der Waals surface area (Å²) in [7, 11) is 0. The fourth-order valence-electron chi connectivity index (χ4n) is 1.96. The number of pyridine rings is 1. The van der Waals surface area contributed by atoms with Gasteiger partial charge in [-0.05, 0) is 36.5 Å². The van der Waals surface area contributed by atoms with Crippen molar-refractivity contribution in [3.63, 3.8) is 0 Å². The average Bonchev–Trinajstić information content (AvgIpc) is 2.18. The van der Waals surface area contributed by atoms with E-state index < -0.39 is 0 Å². The molecule has 1 aromatic rings. The molecule has 0 bridgehead atoms. The highest BCUT2D eigenvalue weighted by Gasteiger charge is 2.09. The Balaban J connectivity index is 2.36. The molecule has 1 aliphatic rings. The molecular weight excluding hydrogens is 170 g/mol. The van der Waals surface area contributed by atoms with Gasteiger partial charge in [0.25, 0.3) is 0 Å². The first kappa shape index (κ1) is 9.20. The maximum absolute atomic E-state index is 4.14. The van der Waals surface area contributed by atoms with Gasteiger partial charge >= 0.3 is 0 Å². The quantitative estimate of drug-likeness (QED) is 0.653. The van der Waals surface area contributed by atoms with Crippen molar-refractivity contribution < 1.29 is 0 Å². The lowest BCUT2D eigenvalue weighted by Gasteiger charge is -2.16. The molecule has 1 atom stereocenters. The van der Waals surface area contributed by atoms with Crippen molar-refractivity contribution in [1.29, 1.82) is 0 Å². The molecule has 0 fully saturated rings. The van der Waals surface area contributed by atoms with E-state index in [0.29, 0.717) is 5.92 Å². The molecule has 1 aliphatic carbocycles. The lowest BCUT2D eigenvalue weighted by atomic mass is 9.90. The van der Waals surface area contributed by atoms with Crippen LogP contribution in [-0.2, 0) is 0 Å². The van der Waals surface area contributed by atoms with Crippen LogP contribution in [0.2, 0.25) is 0 Å². The first-order chi connectivity index (χ1) is 6.75. The van der Waals surface area contributed by atoms with Gasteiger partial charge in [0.1, 0.15) is 0 Å². The number of aromatic nitrogens is 1. The van der Waals surface area contributed by atoms with Crippen LogP contribution in [0.1, 0.15) is 25.8 Å². The zero-order chi connectivity index (χ0) is 9.97. The van der Waals surface area contributed by atoms with Crippen LogP contribution in [0.3, 0.4) is 0 Å². The summed E-state index contributed by atoms with van der Waals surface area (Å²) >= 11 is 0. The molecule has 0 saturated carbocycles. The van der Waals surface area contributed by atoms with Crippen LogP contribution in [0.4, 0.5) is 0 Å². The van der Waals surface area contributed by atoms with Crippen molar-refractivity contribution in [3.05, 3.63) is 47.8 Å². The molecule has 1 heteroatoms. The van der Waals surface area contributed by atoms with Crippen LogP contribution in [0, 0.1) is 5.92 Å². The van der Waals surface area contributed by atoms with E-state index in [-0.39, 0.29) is 0 Å². The summed E-state index contributed by atoms with van der Waals surface area (Å²) < 4.78 is 0. The molecule has 0 spiro atoms. The lowest BCUT2D eigenvalue weighted by Crippen LogP contribution is -1.99. The Morgan fingerprint density at radius 2 is 2.29 bits per heavy atom. The van der Waals surface area contributed by atoms with Crippen LogP contribution in [0.25, 0.3) is 5.57 Å². The van der Waals surface area contributed by atoms with Crippen LogP contribution in [0.15, 0.2) is 42.3 Å². The van der Waals surface area contributed by atoms with E-state index in [1.54, 1.807) is 0 Å². The monoisotopic (exact) mass is 185 g/mol. The van der Waals surface area contributed by atoms with Gasteiger partial charge in [0.15, 0.2) is 0 Å². The van der Waals surface area contributed by atoms with E-state index in [1.165, 1.54) is 23.1 Å².